The summed E-state index contributed by atoms with van der Waals surface area (Å²) in [6, 6.07) is 10.8. The zero-order valence-corrected chi connectivity index (χ0v) is 14.8. The molecule has 132 valence electrons. The zero-order valence-electron chi connectivity index (χ0n) is 13.3. The largest absolute Gasteiger partial charge is 0.497 e. The van der Waals surface area contributed by atoms with Gasteiger partial charge in [0, 0.05) is 10.2 Å². The molecule has 0 fully saturated rings. The fourth-order valence-electron chi connectivity index (χ4n) is 1.79. The molecular weight excluding hydrogens is 397 g/mol. The maximum Gasteiger partial charge on any atom is 0.344 e. The van der Waals surface area contributed by atoms with Crippen molar-refractivity contribution in [1.82, 2.24) is 0 Å². The lowest BCUT2D eigenvalue weighted by Crippen LogP contribution is -2.23. The van der Waals surface area contributed by atoms with Gasteiger partial charge >= 0.3 is 5.97 Å². The molecule has 0 aliphatic heterocycles. The van der Waals surface area contributed by atoms with E-state index in [0.717, 1.165) is 0 Å². The van der Waals surface area contributed by atoms with E-state index in [1.807, 2.05) is 0 Å². The topological polar surface area (TPSA) is 73.9 Å². The van der Waals surface area contributed by atoms with Gasteiger partial charge in [0.2, 0.25) is 0 Å². The summed E-state index contributed by atoms with van der Waals surface area (Å²) in [6.07, 6.45) is 0. The van der Waals surface area contributed by atoms with Crippen LogP contribution in [0, 0.1) is 5.82 Å². The van der Waals surface area contributed by atoms with Crippen LogP contribution in [-0.4, -0.2) is 32.2 Å². The van der Waals surface area contributed by atoms with Crippen molar-refractivity contribution >= 4 is 33.5 Å². The summed E-state index contributed by atoms with van der Waals surface area (Å²) in [7, 11) is 1.54. The van der Waals surface area contributed by atoms with Crippen LogP contribution in [0.5, 0.6) is 11.5 Å². The van der Waals surface area contributed by atoms with Gasteiger partial charge < -0.3 is 19.5 Å². The first-order chi connectivity index (χ1) is 12.0. The molecule has 2 rings (SSSR count). The molecule has 8 heteroatoms. The number of anilines is 1. The molecule has 0 heterocycles. The maximum atomic E-state index is 13.5. The Kier molecular flexibility index (Phi) is 6.76. The zero-order chi connectivity index (χ0) is 18.2. The lowest BCUT2D eigenvalue weighted by atomic mass is 10.3. The quantitative estimate of drug-likeness (QED) is 0.708. The Labute approximate surface area is 152 Å². The molecule has 1 N–H and O–H groups in total. The first-order valence-electron chi connectivity index (χ1n) is 7.15. The smallest absolute Gasteiger partial charge is 0.344 e. The number of nitrogens with one attached hydrogen (secondary N) is 1. The van der Waals surface area contributed by atoms with Crippen molar-refractivity contribution in [2.75, 3.05) is 25.6 Å². The van der Waals surface area contributed by atoms with Gasteiger partial charge in [0.15, 0.2) is 24.8 Å². The number of rotatable bonds is 7. The van der Waals surface area contributed by atoms with Gasteiger partial charge in [-0.1, -0.05) is 15.9 Å². The number of amides is 1. The van der Waals surface area contributed by atoms with Crippen LogP contribution in [0.25, 0.3) is 0 Å². The Balaban J connectivity index is 1.74. The monoisotopic (exact) mass is 411 g/mol. The molecule has 2 aromatic carbocycles. The average Bonchev–Trinajstić information content (AvgIpc) is 2.60. The van der Waals surface area contributed by atoms with Gasteiger partial charge in [-0.3, -0.25) is 4.79 Å². The molecule has 0 spiro atoms. The van der Waals surface area contributed by atoms with Crippen molar-refractivity contribution in [3.05, 3.63) is 52.8 Å². The lowest BCUT2D eigenvalue weighted by molar-refractivity contribution is -0.149. The van der Waals surface area contributed by atoms with Gasteiger partial charge in [0.1, 0.15) is 5.75 Å². The number of esters is 1. The van der Waals surface area contributed by atoms with Crippen LogP contribution in [0.4, 0.5) is 10.1 Å². The summed E-state index contributed by atoms with van der Waals surface area (Å²) < 4.78 is 28.9. The van der Waals surface area contributed by atoms with Gasteiger partial charge in [-0.25, -0.2) is 9.18 Å². The van der Waals surface area contributed by atoms with Crippen LogP contribution >= 0.6 is 15.9 Å². The van der Waals surface area contributed by atoms with E-state index in [1.54, 1.807) is 30.3 Å². The Morgan fingerprint density at radius 2 is 1.84 bits per heavy atom. The van der Waals surface area contributed by atoms with Crippen molar-refractivity contribution in [3.8, 4) is 11.5 Å². The van der Waals surface area contributed by atoms with Crippen molar-refractivity contribution in [2.45, 2.75) is 0 Å². The van der Waals surface area contributed by atoms with Crippen molar-refractivity contribution in [3.63, 3.8) is 0 Å². The standard InChI is InChI=1S/C17H15BrFNO5/c1-23-13-5-3-12(4-6-13)20-16(21)9-25-17(22)10-24-15-7-2-11(18)8-14(15)19/h2-8H,9-10H2,1H3,(H,20,21). The highest BCUT2D eigenvalue weighted by Gasteiger charge is 2.11. The molecular formula is C17H15BrFNO5. The van der Waals surface area contributed by atoms with E-state index in [1.165, 1.54) is 19.2 Å². The van der Waals surface area contributed by atoms with E-state index in [4.69, 9.17) is 14.2 Å². The second-order valence-corrected chi connectivity index (χ2v) is 5.72. The summed E-state index contributed by atoms with van der Waals surface area (Å²) in [5.74, 6) is -1.33. The molecule has 2 aromatic rings. The van der Waals surface area contributed by atoms with Gasteiger partial charge in [-0.05, 0) is 42.5 Å². The molecule has 0 aliphatic carbocycles. The molecule has 25 heavy (non-hydrogen) atoms. The highest BCUT2D eigenvalue weighted by atomic mass is 79.9. The minimum Gasteiger partial charge on any atom is -0.497 e. The van der Waals surface area contributed by atoms with Crippen LogP contribution in [0.1, 0.15) is 0 Å². The van der Waals surface area contributed by atoms with Gasteiger partial charge in [0.05, 0.1) is 7.11 Å². The molecule has 0 unspecified atom stereocenters. The minimum atomic E-state index is -0.785. The van der Waals surface area contributed by atoms with Crippen LogP contribution < -0.4 is 14.8 Å². The fourth-order valence-corrected chi connectivity index (χ4v) is 2.12. The van der Waals surface area contributed by atoms with Crippen molar-refractivity contribution < 1.29 is 28.2 Å². The maximum absolute atomic E-state index is 13.5. The summed E-state index contributed by atoms with van der Waals surface area (Å²) >= 11 is 3.11. The third kappa shape index (κ3) is 6.07. The molecule has 0 saturated carbocycles. The van der Waals surface area contributed by atoms with Crippen LogP contribution in [-0.2, 0) is 14.3 Å². The van der Waals surface area contributed by atoms with Crippen LogP contribution in [0.15, 0.2) is 46.9 Å². The molecule has 0 aliphatic rings. The fraction of sp³-hybridized carbons (Fsp3) is 0.176. The first-order valence-corrected chi connectivity index (χ1v) is 7.94. The average molecular weight is 412 g/mol. The third-order valence-corrected chi connectivity index (χ3v) is 3.47. The second-order valence-electron chi connectivity index (χ2n) is 4.80. The minimum absolute atomic E-state index is 0.0807. The first kappa shape index (κ1) is 18.7. The van der Waals surface area contributed by atoms with Crippen molar-refractivity contribution in [1.29, 1.82) is 0 Å². The van der Waals surface area contributed by atoms with E-state index in [0.29, 0.717) is 15.9 Å². The van der Waals surface area contributed by atoms with Gasteiger partial charge in [0.25, 0.3) is 5.91 Å². The van der Waals surface area contributed by atoms with Crippen LogP contribution in [0.2, 0.25) is 0 Å². The molecule has 0 atom stereocenters. The summed E-state index contributed by atoms with van der Waals surface area (Å²) in [6.45, 7) is -0.981. The van der Waals surface area contributed by atoms with Gasteiger partial charge in [-0.15, -0.1) is 0 Å². The SMILES string of the molecule is COc1ccc(NC(=O)COC(=O)COc2ccc(Br)cc2F)cc1. The second kappa shape index (κ2) is 9.03. The van der Waals surface area contributed by atoms with Crippen molar-refractivity contribution in [2.24, 2.45) is 0 Å². The molecule has 0 bridgehead atoms. The summed E-state index contributed by atoms with van der Waals surface area (Å²) in [5.41, 5.74) is 0.537. The number of ether oxygens (including phenoxy) is 3. The van der Waals surface area contributed by atoms with E-state index in [9.17, 15) is 14.0 Å². The molecule has 6 nitrogen and oxygen atoms in total. The Bertz CT molecular complexity index is 751. The number of hydrogen-bond acceptors (Lipinski definition) is 5. The van der Waals surface area contributed by atoms with E-state index >= 15 is 0 Å². The predicted octanol–water partition coefficient (Wildman–Crippen LogP) is 3.16. The number of methoxy groups -OCH3 is 1. The van der Waals surface area contributed by atoms with E-state index in [-0.39, 0.29) is 5.75 Å². The summed E-state index contributed by atoms with van der Waals surface area (Å²) in [5, 5.41) is 2.56. The van der Waals surface area contributed by atoms with E-state index in [2.05, 4.69) is 21.2 Å². The molecule has 0 radical (unpaired) electrons. The lowest BCUT2D eigenvalue weighted by Gasteiger charge is -2.09. The Morgan fingerprint density at radius 3 is 2.48 bits per heavy atom. The number of halogens is 2. The normalized spacial score (nSPS) is 10.0. The van der Waals surface area contributed by atoms with Crippen LogP contribution in [0.3, 0.4) is 0 Å². The number of benzene rings is 2. The van der Waals surface area contributed by atoms with Gasteiger partial charge in [-0.2, -0.15) is 0 Å². The molecule has 0 saturated heterocycles. The third-order valence-electron chi connectivity index (χ3n) is 2.98. The summed E-state index contributed by atoms with van der Waals surface area (Å²) in [4.78, 5) is 23.3. The highest BCUT2D eigenvalue weighted by Crippen LogP contribution is 2.21. The van der Waals surface area contributed by atoms with E-state index < -0.39 is 30.9 Å². The number of hydrogen-bond donors (Lipinski definition) is 1. The molecule has 1 amide bonds. The Morgan fingerprint density at radius 1 is 1.12 bits per heavy atom. The number of carbonyl (C=O) groups is 2. The number of carbonyl (C=O) groups excluding carboxylic acids is 2. The Hall–Kier alpha value is -2.61. The predicted molar refractivity (Wildman–Crippen MR) is 92.2 cm³/mol. The highest BCUT2D eigenvalue weighted by molar-refractivity contribution is 9.10. The molecule has 0 aromatic heterocycles.